The minimum absolute atomic E-state index is 0.117. The number of benzene rings is 1. The largest absolute Gasteiger partial charge is 0.454 e. The third-order valence-corrected chi connectivity index (χ3v) is 6.55. The molecule has 0 bridgehead atoms. The van der Waals surface area contributed by atoms with E-state index in [1.165, 1.54) is 4.90 Å². The Morgan fingerprint density at radius 2 is 2.00 bits per heavy atom. The van der Waals surface area contributed by atoms with Crippen LogP contribution in [0, 0.1) is 0 Å². The second kappa shape index (κ2) is 7.61. The molecule has 0 aliphatic carbocycles. The zero-order valence-electron chi connectivity index (χ0n) is 17.2. The van der Waals surface area contributed by atoms with Crippen LogP contribution >= 0.6 is 0 Å². The molecule has 5 heterocycles. The summed E-state index contributed by atoms with van der Waals surface area (Å²) in [7, 11) is 0. The van der Waals surface area contributed by atoms with Crippen molar-refractivity contribution >= 4 is 10.9 Å². The lowest BCUT2D eigenvalue weighted by molar-refractivity contribution is -0.914. The van der Waals surface area contributed by atoms with Gasteiger partial charge in [0.05, 0.1) is 36.8 Å². The number of nitrogens with zero attached hydrogens (tertiary/aromatic N) is 4. The van der Waals surface area contributed by atoms with Gasteiger partial charge in [-0.1, -0.05) is 0 Å². The molecule has 0 radical (unpaired) electrons. The topological polar surface area (TPSA) is 109 Å². The van der Waals surface area contributed by atoms with E-state index in [1.54, 1.807) is 0 Å². The summed E-state index contributed by atoms with van der Waals surface area (Å²) in [6, 6.07) is 5.46. The van der Waals surface area contributed by atoms with Gasteiger partial charge in [0.25, 0.3) is 5.56 Å². The molecule has 3 aliphatic rings. The molecule has 2 N–H and O–H groups in total. The van der Waals surface area contributed by atoms with E-state index < -0.39 is 0 Å². The summed E-state index contributed by atoms with van der Waals surface area (Å²) in [4.78, 5) is 17.6. The van der Waals surface area contributed by atoms with E-state index in [1.807, 2.05) is 22.9 Å². The van der Waals surface area contributed by atoms with Crippen LogP contribution in [-0.2, 0) is 11.3 Å². The predicted molar refractivity (Wildman–Crippen MR) is 109 cm³/mol. The van der Waals surface area contributed by atoms with Gasteiger partial charge >= 0.3 is 0 Å². The summed E-state index contributed by atoms with van der Waals surface area (Å²) in [5.74, 6) is 2.06. The molecule has 3 aromatic rings. The number of nitrogens with one attached hydrogen (secondary N) is 2. The van der Waals surface area contributed by atoms with Crippen LogP contribution in [0.25, 0.3) is 10.9 Å². The monoisotopic (exact) mass is 425 g/mol. The first-order valence-electron chi connectivity index (χ1n) is 10.9. The molecule has 2 atom stereocenters. The maximum atomic E-state index is 13.2. The second-order valence-electron chi connectivity index (χ2n) is 8.50. The summed E-state index contributed by atoms with van der Waals surface area (Å²) >= 11 is 0. The fraction of sp³-hybridized carbons (Fsp3) is 0.524. The third-order valence-electron chi connectivity index (χ3n) is 6.55. The Kier molecular flexibility index (Phi) is 4.61. The normalized spacial score (nSPS) is 21.9. The number of ether oxygens (including phenoxy) is 3. The number of aromatic amines is 1. The highest BCUT2D eigenvalue weighted by Crippen LogP contribution is 2.35. The highest BCUT2D eigenvalue weighted by atomic mass is 16.7. The van der Waals surface area contributed by atoms with Crippen molar-refractivity contribution in [3.05, 3.63) is 39.9 Å². The maximum Gasteiger partial charge on any atom is 0.258 e. The maximum absolute atomic E-state index is 13.2. The molecular weight excluding hydrogens is 400 g/mol. The summed E-state index contributed by atoms with van der Waals surface area (Å²) < 4.78 is 18.6. The second-order valence-corrected chi connectivity index (χ2v) is 8.50. The van der Waals surface area contributed by atoms with E-state index in [0.29, 0.717) is 23.6 Å². The molecule has 6 rings (SSSR count). The molecule has 162 valence electrons. The zero-order valence-corrected chi connectivity index (χ0v) is 17.2. The number of fused-ring (bicyclic) bond motifs is 2. The smallest absolute Gasteiger partial charge is 0.258 e. The van der Waals surface area contributed by atoms with Crippen LogP contribution < -0.4 is 19.9 Å². The molecule has 10 heteroatoms. The van der Waals surface area contributed by atoms with Crippen LogP contribution in [0.15, 0.2) is 23.0 Å². The highest BCUT2D eigenvalue weighted by molar-refractivity contribution is 5.83. The van der Waals surface area contributed by atoms with Gasteiger partial charge in [0.2, 0.25) is 12.6 Å². The Hall–Kier alpha value is -2.98. The fourth-order valence-corrected chi connectivity index (χ4v) is 5.02. The van der Waals surface area contributed by atoms with Gasteiger partial charge in [0, 0.05) is 30.9 Å². The van der Waals surface area contributed by atoms with Gasteiger partial charge in [-0.25, -0.2) is 4.68 Å². The Labute approximate surface area is 178 Å². The molecule has 3 aliphatic heterocycles. The Bertz CT molecular complexity index is 1160. The van der Waals surface area contributed by atoms with Crippen molar-refractivity contribution in [2.75, 3.05) is 26.5 Å². The highest BCUT2D eigenvalue weighted by Gasteiger charge is 2.36. The standard InChI is InChI=1S/C21H24N6O4/c28-21-15(8-13-9-17-18(31-12-30-17)10-16(13)22-21)19(26-5-1-2-6-26)20-23-24-25-27(20)11-14-4-3-7-29-14/h8-10,14,19H,1-7,11-12H2,(H,22,28)/p+1/t14-,19+/m0/s1. The number of quaternary nitrogens is 1. The third kappa shape index (κ3) is 3.35. The van der Waals surface area contributed by atoms with Gasteiger partial charge in [-0.2, -0.15) is 0 Å². The molecule has 1 aromatic carbocycles. The summed E-state index contributed by atoms with van der Waals surface area (Å²) in [6.07, 6.45) is 4.44. The number of hydrogen-bond acceptors (Lipinski definition) is 7. The van der Waals surface area contributed by atoms with E-state index in [-0.39, 0.29) is 24.5 Å². The molecule has 0 unspecified atom stereocenters. The number of likely N-dealkylation sites (tertiary alicyclic amines) is 1. The quantitative estimate of drug-likeness (QED) is 0.601. The van der Waals surface area contributed by atoms with Crippen molar-refractivity contribution < 1.29 is 19.1 Å². The summed E-state index contributed by atoms with van der Waals surface area (Å²) in [5.41, 5.74) is 1.28. The number of tetrazole rings is 1. The lowest BCUT2D eigenvalue weighted by Crippen LogP contribution is -3.10. The number of H-pyrrole nitrogens is 1. The van der Waals surface area contributed by atoms with Gasteiger partial charge in [0.1, 0.15) is 0 Å². The van der Waals surface area contributed by atoms with Crippen molar-refractivity contribution in [2.45, 2.75) is 44.4 Å². The van der Waals surface area contributed by atoms with Crippen LogP contribution in [0.2, 0.25) is 0 Å². The number of pyridine rings is 1. The lowest BCUT2D eigenvalue weighted by Gasteiger charge is -2.24. The molecule has 0 saturated carbocycles. The molecule has 2 saturated heterocycles. The van der Waals surface area contributed by atoms with E-state index in [0.717, 1.165) is 62.1 Å². The van der Waals surface area contributed by atoms with Gasteiger partial charge in [-0.15, -0.1) is 5.10 Å². The van der Waals surface area contributed by atoms with Crippen LogP contribution in [0.3, 0.4) is 0 Å². The van der Waals surface area contributed by atoms with Crippen molar-refractivity contribution in [3.8, 4) is 11.5 Å². The van der Waals surface area contributed by atoms with Crippen molar-refractivity contribution in [1.29, 1.82) is 0 Å². The van der Waals surface area contributed by atoms with Gasteiger partial charge in [-0.05, 0) is 35.4 Å². The average molecular weight is 425 g/mol. The molecule has 31 heavy (non-hydrogen) atoms. The Morgan fingerprint density at radius 3 is 2.81 bits per heavy atom. The van der Waals surface area contributed by atoms with E-state index in [9.17, 15) is 4.79 Å². The SMILES string of the molecule is O=c1[nH]c2cc3c(cc2cc1[C@H](c1nnnn1C[C@@H]1CCCO1)[NH+]1CCCC1)OCO3. The van der Waals surface area contributed by atoms with E-state index in [4.69, 9.17) is 14.2 Å². The molecule has 10 nitrogen and oxygen atoms in total. The van der Waals surface area contributed by atoms with Gasteiger partial charge in [-0.3, -0.25) is 4.79 Å². The van der Waals surface area contributed by atoms with Crippen LogP contribution in [-0.4, -0.2) is 57.8 Å². The molecular formula is C21H25N6O4+. The first-order chi connectivity index (χ1) is 15.3. The van der Waals surface area contributed by atoms with Crippen LogP contribution in [0.4, 0.5) is 0 Å². The van der Waals surface area contributed by atoms with E-state index in [2.05, 4.69) is 20.5 Å². The van der Waals surface area contributed by atoms with Crippen LogP contribution in [0.5, 0.6) is 11.5 Å². The number of rotatable bonds is 5. The summed E-state index contributed by atoms with van der Waals surface area (Å²) in [5, 5.41) is 13.5. The minimum Gasteiger partial charge on any atom is -0.454 e. The van der Waals surface area contributed by atoms with Crippen molar-refractivity contribution in [1.82, 2.24) is 25.2 Å². The predicted octanol–water partition coefficient (Wildman–Crippen LogP) is 0.190. The van der Waals surface area contributed by atoms with Gasteiger partial charge in [0.15, 0.2) is 17.5 Å². The molecule has 0 spiro atoms. The molecule has 0 amide bonds. The van der Waals surface area contributed by atoms with Crippen molar-refractivity contribution in [3.63, 3.8) is 0 Å². The minimum atomic E-state index is -0.238. The van der Waals surface area contributed by atoms with E-state index >= 15 is 0 Å². The fourth-order valence-electron chi connectivity index (χ4n) is 5.02. The Balaban J connectivity index is 1.45. The molecule has 2 aromatic heterocycles. The summed E-state index contributed by atoms with van der Waals surface area (Å²) in [6.45, 7) is 3.55. The zero-order chi connectivity index (χ0) is 20.8. The number of aromatic nitrogens is 5. The van der Waals surface area contributed by atoms with Crippen molar-refractivity contribution in [2.24, 2.45) is 0 Å². The lowest BCUT2D eigenvalue weighted by atomic mass is 10.0. The molecule has 2 fully saturated rings. The van der Waals surface area contributed by atoms with Crippen LogP contribution in [0.1, 0.15) is 43.1 Å². The Morgan fingerprint density at radius 1 is 1.16 bits per heavy atom. The number of hydrogen-bond donors (Lipinski definition) is 2. The average Bonchev–Trinajstić information content (AvgIpc) is 3.57. The first kappa shape index (κ1) is 18.8. The first-order valence-corrected chi connectivity index (χ1v) is 10.9. The van der Waals surface area contributed by atoms with Gasteiger partial charge < -0.3 is 24.1 Å².